The van der Waals surface area contributed by atoms with E-state index < -0.39 is 17.1 Å². The summed E-state index contributed by atoms with van der Waals surface area (Å²) < 4.78 is 0. The lowest BCUT2D eigenvalue weighted by atomic mass is 9.46. The molecule has 9 atom stereocenters. The van der Waals surface area contributed by atoms with Gasteiger partial charge in [-0.3, -0.25) is 0 Å². The maximum atomic E-state index is 11.0. The second kappa shape index (κ2) is 8.09. The summed E-state index contributed by atoms with van der Waals surface area (Å²) in [4.78, 5) is 0. The molecule has 184 valence electrons. The summed E-state index contributed by atoms with van der Waals surface area (Å²) in [6.45, 7) is 9.71. The molecule has 0 saturated heterocycles. The third-order valence-corrected chi connectivity index (χ3v) is 12.2. The average molecular weight is 454 g/mol. The third kappa shape index (κ3) is 3.65. The Hall–Kier alpha value is -0.850. The minimum absolute atomic E-state index is 0.301. The van der Waals surface area contributed by atoms with Gasteiger partial charge >= 0.3 is 0 Å². The van der Waals surface area contributed by atoms with Crippen LogP contribution in [0.25, 0.3) is 0 Å². The monoisotopic (exact) mass is 453 g/mol. The summed E-state index contributed by atoms with van der Waals surface area (Å²) in [7, 11) is 0. The Bertz CT molecular complexity index is 839. The second-order valence-electron chi connectivity index (χ2n) is 13.6. The maximum Gasteiger partial charge on any atom is 0.0833 e. The predicted octanol–water partition coefficient (Wildman–Crippen LogP) is 6.79. The molecule has 3 nitrogen and oxygen atoms in total. The van der Waals surface area contributed by atoms with Gasteiger partial charge in [-0.2, -0.15) is 5.26 Å². The van der Waals surface area contributed by atoms with Gasteiger partial charge in [0.25, 0.3) is 0 Å². The van der Waals surface area contributed by atoms with Crippen molar-refractivity contribution in [3.8, 4) is 6.07 Å². The van der Waals surface area contributed by atoms with Crippen molar-refractivity contribution in [2.24, 2.45) is 45.8 Å². The van der Waals surface area contributed by atoms with Crippen molar-refractivity contribution in [2.75, 3.05) is 0 Å². The van der Waals surface area contributed by atoms with Gasteiger partial charge in [-0.05, 0) is 124 Å². The molecular formula is C30H47NO2. The van der Waals surface area contributed by atoms with E-state index in [0.29, 0.717) is 16.7 Å². The summed E-state index contributed by atoms with van der Waals surface area (Å²) in [5.41, 5.74) is 1.43. The van der Waals surface area contributed by atoms with E-state index in [1.165, 1.54) is 32.1 Å². The molecule has 0 unspecified atom stereocenters. The number of nitrogens with zero attached hydrogens (tertiary/aromatic N) is 1. The van der Waals surface area contributed by atoms with Crippen molar-refractivity contribution in [1.29, 1.82) is 5.26 Å². The molecule has 4 fully saturated rings. The molecule has 0 aliphatic heterocycles. The average Bonchev–Trinajstić information content (AvgIpc) is 3.53. The van der Waals surface area contributed by atoms with Crippen LogP contribution in [0.5, 0.6) is 0 Å². The number of aliphatic hydroxyl groups is 2. The van der Waals surface area contributed by atoms with Gasteiger partial charge in [0.05, 0.1) is 23.2 Å². The fraction of sp³-hybridized carbons (Fsp3) is 0.900. The Kier molecular flexibility index (Phi) is 5.85. The molecular weight excluding hydrogens is 406 g/mol. The molecule has 0 heterocycles. The Morgan fingerprint density at radius 1 is 1.06 bits per heavy atom. The highest BCUT2D eigenvalue weighted by atomic mass is 16.3. The van der Waals surface area contributed by atoms with E-state index >= 15 is 0 Å². The smallest absolute Gasteiger partial charge is 0.0833 e. The fourth-order valence-electron chi connectivity index (χ4n) is 9.54. The van der Waals surface area contributed by atoms with Gasteiger partial charge in [0.15, 0.2) is 0 Å². The number of hydrogen-bond donors (Lipinski definition) is 2. The Labute approximate surface area is 202 Å². The highest BCUT2D eigenvalue weighted by molar-refractivity contribution is 5.27. The SMILES string of the molecule is CC[C@]1(O)CC[C@@]2(C)C(=CC[C@H]3[C@@H]4CC[C@H]([C@H](C)CC[C@H](O)C5(C#N)CC5)[C@@]4(C)CC[C@@H]32)C1. The number of hydrogen-bond acceptors (Lipinski definition) is 3. The van der Waals surface area contributed by atoms with E-state index in [1.807, 2.05) is 0 Å². The largest absolute Gasteiger partial charge is 0.391 e. The lowest BCUT2D eigenvalue weighted by Crippen LogP contribution is -2.52. The van der Waals surface area contributed by atoms with Gasteiger partial charge in [-0.15, -0.1) is 0 Å². The van der Waals surface area contributed by atoms with Crippen LogP contribution in [0.4, 0.5) is 0 Å². The standard InChI is InChI=1S/C30H47NO2/c1-5-30(33)17-14-27(3)21(18-30)7-8-22-24-10-9-23(28(24,4)13-12-25(22)27)20(2)6-11-26(32)29(19-31)15-16-29/h7,20,22-26,32-33H,5-6,8-18H2,1-4H3/t20-,22+,23-,24+,25+,26+,27+,28-,30+/m1/s1. The third-order valence-electron chi connectivity index (χ3n) is 12.2. The van der Waals surface area contributed by atoms with E-state index in [9.17, 15) is 15.5 Å². The Morgan fingerprint density at radius 2 is 1.82 bits per heavy atom. The molecule has 5 aliphatic carbocycles. The van der Waals surface area contributed by atoms with Gasteiger partial charge in [-0.25, -0.2) is 0 Å². The Morgan fingerprint density at radius 3 is 2.48 bits per heavy atom. The summed E-state index contributed by atoms with van der Waals surface area (Å²) in [5.74, 6) is 3.80. The van der Waals surface area contributed by atoms with Gasteiger partial charge in [0, 0.05) is 0 Å². The fourth-order valence-corrected chi connectivity index (χ4v) is 9.54. The van der Waals surface area contributed by atoms with Crippen molar-refractivity contribution < 1.29 is 10.2 Å². The van der Waals surface area contributed by atoms with Crippen molar-refractivity contribution in [3.05, 3.63) is 11.6 Å². The maximum absolute atomic E-state index is 11.0. The summed E-state index contributed by atoms with van der Waals surface area (Å²) >= 11 is 0. The quantitative estimate of drug-likeness (QED) is 0.435. The first-order valence-corrected chi connectivity index (χ1v) is 14.1. The molecule has 0 aromatic carbocycles. The van der Waals surface area contributed by atoms with E-state index in [4.69, 9.17) is 0 Å². The zero-order chi connectivity index (χ0) is 23.6. The molecule has 5 aliphatic rings. The van der Waals surface area contributed by atoms with Crippen molar-refractivity contribution in [3.63, 3.8) is 0 Å². The number of nitriles is 1. The minimum Gasteiger partial charge on any atom is -0.391 e. The van der Waals surface area contributed by atoms with Crippen LogP contribution in [-0.4, -0.2) is 21.9 Å². The molecule has 2 N–H and O–H groups in total. The van der Waals surface area contributed by atoms with Crippen molar-refractivity contribution in [2.45, 2.75) is 123 Å². The lowest BCUT2D eigenvalue weighted by molar-refractivity contribution is -0.0758. The van der Waals surface area contributed by atoms with Crippen LogP contribution in [0, 0.1) is 57.2 Å². The molecule has 5 rings (SSSR count). The highest BCUT2D eigenvalue weighted by Gasteiger charge is 2.60. The van der Waals surface area contributed by atoms with Crippen LogP contribution in [0.15, 0.2) is 11.6 Å². The number of aliphatic hydroxyl groups excluding tert-OH is 1. The normalized spacial score (nSPS) is 47.4. The number of rotatable bonds is 6. The van der Waals surface area contributed by atoms with Crippen LogP contribution in [-0.2, 0) is 0 Å². The van der Waals surface area contributed by atoms with Crippen LogP contribution in [0.2, 0.25) is 0 Å². The second-order valence-corrected chi connectivity index (χ2v) is 13.6. The molecule has 0 spiro atoms. The highest BCUT2D eigenvalue weighted by Crippen LogP contribution is 2.68. The van der Waals surface area contributed by atoms with Crippen LogP contribution in [0.3, 0.4) is 0 Å². The van der Waals surface area contributed by atoms with Crippen LogP contribution < -0.4 is 0 Å². The van der Waals surface area contributed by atoms with Gasteiger partial charge in [-0.1, -0.05) is 39.3 Å². The zero-order valence-corrected chi connectivity index (χ0v) is 21.6. The molecule has 4 saturated carbocycles. The molecule has 0 aromatic rings. The first-order valence-electron chi connectivity index (χ1n) is 14.1. The number of fused-ring (bicyclic) bond motifs is 5. The molecule has 3 heteroatoms. The van der Waals surface area contributed by atoms with E-state index in [0.717, 1.165) is 75.0 Å². The number of allylic oxidation sites excluding steroid dienone is 1. The lowest BCUT2D eigenvalue weighted by Gasteiger charge is -2.59. The topological polar surface area (TPSA) is 64.2 Å². The van der Waals surface area contributed by atoms with Gasteiger partial charge in [0.1, 0.15) is 0 Å². The van der Waals surface area contributed by atoms with E-state index in [-0.39, 0.29) is 0 Å². The summed E-state index contributed by atoms with van der Waals surface area (Å²) in [6.07, 6.45) is 16.3. The van der Waals surface area contributed by atoms with Crippen molar-refractivity contribution in [1.82, 2.24) is 0 Å². The zero-order valence-electron chi connectivity index (χ0n) is 21.6. The van der Waals surface area contributed by atoms with Crippen LogP contribution in [0.1, 0.15) is 111 Å². The first-order chi connectivity index (χ1) is 15.6. The molecule has 0 aromatic heterocycles. The molecule has 0 bridgehead atoms. The van der Waals surface area contributed by atoms with E-state index in [1.54, 1.807) is 5.57 Å². The van der Waals surface area contributed by atoms with Gasteiger partial charge < -0.3 is 10.2 Å². The van der Waals surface area contributed by atoms with Crippen molar-refractivity contribution >= 4 is 0 Å². The molecule has 33 heavy (non-hydrogen) atoms. The van der Waals surface area contributed by atoms with Crippen LogP contribution >= 0.6 is 0 Å². The first kappa shape index (κ1) is 23.9. The van der Waals surface area contributed by atoms with E-state index in [2.05, 4.69) is 39.8 Å². The Balaban J connectivity index is 1.29. The summed E-state index contributed by atoms with van der Waals surface area (Å²) in [6, 6.07) is 2.39. The molecule has 0 radical (unpaired) electrons. The molecule has 0 amide bonds. The minimum atomic E-state index is -0.468. The van der Waals surface area contributed by atoms with Gasteiger partial charge in [0.2, 0.25) is 0 Å². The predicted molar refractivity (Wildman–Crippen MR) is 132 cm³/mol. The summed E-state index contributed by atoms with van der Waals surface area (Å²) in [5, 5.41) is 31.1.